The lowest BCUT2D eigenvalue weighted by atomic mass is 10.0. The minimum Gasteiger partial charge on any atom is -0.410 e. The van der Waals surface area contributed by atoms with Crippen LogP contribution in [0.3, 0.4) is 0 Å². The number of aryl methyl sites for hydroxylation is 1. The van der Waals surface area contributed by atoms with E-state index in [1.807, 2.05) is 26.8 Å². The Morgan fingerprint density at radius 2 is 1.44 bits per heavy atom. The SMILES string of the molecule is Cc1cc(OC(=O)NC(Sc2ccccc2)(Sc2ccccc2)C(F)(F)F)c(C(C)C)cc1I. The molecule has 0 aromatic heterocycles. The molecule has 9 heteroatoms. The molecule has 1 N–H and O–H groups in total. The number of nitrogens with one attached hydrogen (secondary N) is 1. The van der Waals surface area contributed by atoms with Crippen molar-refractivity contribution in [1.29, 1.82) is 0 Å². The molecule has 0 aliphatic rings. The molecule has 0 saturated carbocycles. The summed E-state index contributed by atoms with van der Waals surface area (Å²) < 4.78 is 47.7. The summed E-state index contributed by atoms with van der Waals surface area (Å²) in [5.41, 5.74) is 1.61. The third-order valence-electron chi connectivity index (χ3n) is 4.77. The molecule has 3 nitrogen and oxygen atoms in total. The zero-order chi connectivity index (χ0) is 24.9. The normalized spacial score (nSPS) is 12.0. The summed E-state index contributed by atoms with van der Waals surface area (Å²) in [5.74, 6) is 0.262. The molecule has 180 valence electrons. The topological polar surface area (TPSA) is 38.3 Å². The van der Waals surface area contributed by atoms with E-state index in [1.54, 1.807) is 66.7 Å². The Balaban J connectivity index is 1.99. The third kappa shape index (κ3) is 6.63. The van der Waals surface area contributed by atoms with Gasteiger partial charge in [0.2, 0.25) is 4.20 Å². The Bertz CT molecular complexity index is 1080. The molecule has 1 amide bonds. The first-order chi connectivity index (χ1) is 16.0. The van der Waals surface area contributed by atoms with Crippen molar-refractivity contribution >= 4 is 52.2 Å². The van der Waals surface area contributed by atoms with Crippen molar-refractivity contribution in [2.24, 2.45) is 0 Å². The van der Waals surface area contributed by atoms with Gasteiger partial charge in [-0.25, -0.2) is 4.79 Å². The highest BCUT2D eigenvalue weighted by Gasteiger charge is 2.58. The number of alkyl halides is 3. The predicted molar refractivity (Wildman–Crippen MR) is 141 cm³/mol. The number of amides is 1. The van der Waals surface area contributed by atoms with Crippen LogP contribution in [0.25, 0.3) is 0 Å². The van der Waals surface area contributed by atoms with Crippen molar-refractivity contribution in [3.63, 3.8) is 0 Å². The molecule has 0 bridgehead atoms. The highest BCUT2D eigenvalue weighted by molar-refractivity contribution is 14.1. The largest absolute Gasteiger partial charge is 0.431 e. The van der Waals surface area contributed by atoms with Gasteiger partial charge in [0, 0.05) is 13.4 Å². The number of carbonyl (C=O) groups is 1. The van der Waals surface area contributed by atoms with Gasteiger partial charge in [0.1, 0.15) is 5.75 Å². The van der Waals surface area contributed by atoms with E-state index < -0.39 is 16.5 Å². The lowest BCUT2D eigenvalue weighted by molar-refractivity contribution is -0.141. The molecule has 0 saturated heterocycles. The fourth-order valence-corrected chi connectivity index (χ4v) is 6.02. The Morgan fingerprint density at radius 3 is 1.88 bits per heavy atom. The van der Waals surface area contributed by atoms with Crippen LogP contribution in [-0.4, -0.2) is 16.5 Å². The standard InChI is InChI=1S/C25H23F3INO2S2/c1-16(2)20-15-21(29)17(3)14-22(20)32-23(31)30-25(24(26,27)28,33-18-10-6-4-7-11-18)34-19-12-8-5-9-13-19/h4-16H,1-3H3,(H,30,31). The van der Waals surface area contributed by atoms with Crippen molar-refractivity contribution in [3.8, 4) is 5.75 Å². The average Bonchev–Trinajstić information content (AvgIpc) is 2.76. The molecule has 0 unspecified atom stereocenters. The Hall–Kier alpha value is -1.85. The van der Waals surface area contributed by atoms with Crippen LogP contribution in [0.5, 0.6) is 5.75 Å². The Morgan fingerprint density at radius 1 is 0.941 bits per heavy atom. The van der Waals surface area contributed by atoms with Crippen LogP contribution in [-0.2, 0) is 0 Å². The Labute approximate surface area is 219 Å². The smallest absolute Gasteiger partial charge is 0.410 e. The number of ether oxygens (including phenoxy) is 1. The van der Waals surface area contributed by atoms with E-state index in [2.05, 4.69) is 27.9 Å². The first kappa shape index (κ1) is 26.7. The fourth-order valence-electron chi connectivity index (χ4n) is 3.04. The van der Waals surface area contributed by atoms with Crippen LogP contribution in [0.4, 0.5) is 18.0 Å². The lowest BCUT2D eigenvalue weighted by Gasteiger charge is -2.34. The molecule has 0 atom stereocenters. The van der Waals surface area contributed by atoms with Gasteiger partial charge in [-0.1, -0.05) is 73.8 Å². The second-order valence-electron chi connectivity index (χ2n) is 7.75. The number of hydrogen-bond acceptors (Lipinski definition) is 4. The van der Waals surface area contributed by atoms with Crippen molar-refractivity contribution < 1.29 is 22.7 Å². The number of carbonyl (C=O) groups excluding carboxylic acids is 1. The number of halogens is 4. The maximum atomic E-state index is 14.7. The van der Waals surface area contributed by atoms with Gasteiger partial charge in [-0.05, 0) is 83.0 Å². The van der Waals surface area contributed by atoms with Crippen LogP contribution in [0.1, 0.15) is 30.9 Å². The molecule has 0 aliphatic heterocycles. The van der Waals surface area contributed by atoms with Gasteiger partial charge in [-0.3, -0.25) is 5.32 Å². The highest BCUT2D eigenvalue weighted by atomic mass is 127. The molecule has 0 heterocycles. The van der Waals surface area contributed by atoms with Gasteiger partial charge >= 0.3 is 12.3 Å². The van der Waals surface area contributed by atoms with Crippen LogP contribution >= 0.6 is 46.1 Å². The molecular formula is C25H23F3INO2S2. The Kier molecular flexibility index (Phi) is 8.86. The van der Waals surface area contributed by atoms with Crippen molar-refractivity contribution in [1.82, 2.24) is 5.32 Å². The van der Waals surface area contributed by atoms with Gasteiger partial charge in [-0.2, -0.15) is 13.2 Å². The molecule has 34 heavy (non-hydrogen) atoms. The minimum absolute atomic E-state index is 0.0154. The summed E-state index contributed by atoms with van der Waals surface area (Å²) in [6, 6.07) is 19.9. The van der Waals surface area contributed by atoms with Gasteiger partial charge < -0.3 is 4.74 Å². The molecule has 0 fully saturated rings. The summed E-state index contributed by atoms with van der Waals surface area (Å²) in [5, 5.41) is 2.15. The van der Waals surface area contributed by atoms with E-state index >= 15 is 0 Å². The summed E-state index contributed by atoms with van der Waals surface area (Å²) in [6.45, 7) is 5.72. The molecule has 0 radical (unpaired) electrons. The molecular weight excluding hydrogens is 594 g/mol. The summed E-state index contributed by atoms with van der Waals surface area (Å²) in [7, 11) is 0. The molecule has 0 spiro atoms. The quantitative estimate of drug-likeness (QED) is 0.164. The molecule has 3 rings (SSSR count). The zero-order valence-electron chi connectivity index (χ0n) is 18.7. The fraction of sp³-hybridized carbons (Fsp3) is 0.240. The monoisotopic (exact) mass is 617 g/mol. The van der Waals surface area contributed by atoms with E-state index in [0.29, 0.717) is 33.3 Å². The third-order valence-corrected chi connectivity index (χ3v) is 8.68. The highest BCUT2D eigenvalue weighted by Crippen LogP contribution is 2.53. The zero-order valence-corrected chi connectivity index (χ0v) is 22.4. The summed E-state index contributed by atoms with van der Waals surface area (Å²) in [4.78, 5) is 13.7. The first-order valence-electron chi connectivity index (χ1n) is 10.4. The van der Waals surface area contributed by atoms with Gasteiger partial charge in [-0.15, -0.1) is 0 Å². The van der Waals surface area contributed by atoms with Crippen LogP contribution in [0, 0.1) is 10.5 Å². The van der Waals surface area contributed by atoms with Gasteiger partial charge in [0.15, 0.2) is 0 Å². The molecule has 0 aliphatic carbocycles. The van der Waals surface area contributed by atoms with Crippen molar-refractivity contribution in [2.75, 3.05) is 0 Å². The maximum absolute atomic E-state index is 14.7. The number of rotatable bonds is 7. The number of hydrogen-bond donors (Lipinski definition) is 1. The van der Waals surface area contributed by atoms with E-state index in [-0.39, 0.29) is 11.7 Å². The van der Waals surface area contributed by atoms with E-state index in [0.717, 1.165) is 14.7 Å². The first-order valence-corrected chi connectivity index (χ1v) is 13.1. The van der Waals surface area contributed by atoms with E-state index in [4.69, 9.17) is 4.74 Å². The van der Waals surface area contributed by atoms with Gasteiger partial charge in [0.25, 0.3) is 0 Å². The average molecular weight is 617 g/mol. The van der Waals surface area contributed by atoms with Gasteiger partial charge in [0.05, 0.1) is 0 Å². The maximum Gasteiger partial charge on any atom is 0.431 e. The lowest BCUT2D eigenvalue weighted by Crippen LogP contribution is -2.54. The van der Waals surface area contributed by atoms with Crippen molar-refractivity contribution in [2.45, 2.75) is 46.9 Å². The molecule has 3 aromatic rings. The summed E-state index contributed by atoms with van der Waals surface area (Å²) >= 11 is 3.22. The van der Waals surface area contributed by atoms with Crippen LogP contribution in [0.2, 0.25) is 0 Å². The second-order valence-corrected chi connectivity index (χ2v) is 11.7. The van der Waals surface area contributed by atoms with E-state index in [9.17, 15) is 18.0 Å². The predicted octanol–water partition coefficient (Wildman–Crippen LogP) is 8.61. The molecule has 3 aromatic carbocycles. The van der Waals surface area contributed by atoms with Crippen LogP contribution in [0.15, 0.2) is 82.6 Å². The summed E-state index contributed by atoms with van der Waals surface area (Å²) in [6.07, 6.45) is -5.98. The minimum atomic E-state index is -4.81. The number of thioether (sulfide) groups is 2. The van der Waals surface area contributed by atoms with Crippen LogP contribution < -0.4 is 10.1 Å². The number of benzene rings is 3. The van der Waals surface area contributed by atoms with E-state index in [1.165, 1.54) is 0 Å². The van der Waals surface area contributed by atoms with Crippen molar-refractivity contribution in [3.05, 3.63) is 87.5 Å². The second kappa shape index (κ2) is 11.3.